The number of anilines is 1. The Morgan fingerprint density at radius 3 is 2.50 bits per heavy atom. The highest BCUT2D eigenvalue weighted by atomic mass is 16.5. The molecule has 0 spiro atoms. The summed E-state index contributed by atoms with van der Waals surface area (Å²) in [5, 5.41) is 0. The first-order valence-electron chi connectivity index (χ1n) is 9.47. The van der Waals surface area contributed by atoms with E-state index in [1.807, 2.05) is 14.1 Å². The minimum atomic E-state index is -0.219. The molecular formula is C22H31NO3. The molecule has 0 radical (unpaired) electrons. The number of rotatable bonds is 4. The molecule has 26 heavy (non-hydrogen) atoms. The highest BCUT2D eigenvalue weighted by Crippen LogP contribution is 2.56. The molecule has 1 fully saturated rings. The average Bonchev–Trinajstić information content (AvgIpc) is 2.59. The average molecular weight is 357 g/mol. The van der Waals surface area contributed by atoms with Crippen LogP contribution in [-0.4, -0.2) is 33.3 Å². The highest BCUT2D eigenvalue weighted by molar-refractivity contribution is 5.66. The fraction of sp³-hybridized carbons (Fsp3) is 0.591. The number of carbonyl (C=O) groups is 1. The lowest BCUT2D eigenvalue weighted by atomic mass is 9.56. The molecule has 2 bridgehead atoms. The minimum Gasteiger partial charge on any atom is -0.465 e. The number of nitrogens with zero attached hydrogens (tertiary/aromatic N) is 1. The first-order valence-corrected chi connectivity index (χ1v) is 9.47. The van der Waals surface area contributed by atoms with Gasteiger partial charge in [-0.2, -0.15) is 0 Å². The van der Waals surface area contributed by atoms with E-state index in [1.165, 1.54) is 23.7 Å². The topological polar surface area (TPSA) is 38.8 Å². The molecule has 1 heterocycles. The summed E-state index contributed by atoms with van der Waals surface area (Å²) >= 11 is 0. The van der Waals surface area contributed by atoms with Crippen molar-refractivity contribution in [2.45, 2.75) is 33.8 Å². The molecule has 1 aliphatic carbocycles. The maximum absolute atomic E-state index is 11.4. The predicted molar refractivity (Wildman–Crippen MR) is 104 cm³/mol. The van der Waals surface area contributed by atoms with E-state index in [0.717, 1.165) is 0 Å². The molecule has 0 aromatic heterocycles. The van der Waals surface area contributed by atoms with Crippen molar-refractivity contribution in [2.24, 2.45) is 23.2 Å². The third-order valence-corrected chi connectivity index (χ3v) is 6.53. The van der Waals surface area contributed by atoms with Crippen molar-refractivity contribution in [3.05, 3.63) is 41.5 Å². The standard InChI is InChI=1S/C22H31NO3/c1-14-11-15(2)22(12-25-17(4)24)13-26-21(20(14)16(22)3)18-7-9-19(10-8-18)23(5)6/h7-11,15-16,20-21H,12-13H2,1-6H3/t15-,16-,20+,21+,22-/m1/s1. The van der Waals surface area contributed by atoms with Gasteiger partial charge in [0.05, 0.1) is 19.3 Å². The monoisotopic (exact) mass is 357 g/mol. The Kier molecular flexibility index (Phi) is 5.16. The summed E-state index contributed by atoms with van der Waals surface area (Å²) in [4.78, 5) is 13.5. The van der Waals surface area contributed by atoms with Crippen LogP contribution in [0.15, 0.2) is 35.9 Å². The van der Waals surface area contributed by atoms with Crippen LogP contribution in [0, 0.1) is 23.2 Å². The van der Waals surface area contributed by atoms with Crippen LogP contribution < -0.4 is 4.90 Å². The maximum Gasteiger partial charge on any atom is 0.302 e. The number of carbonyl (C=O) groups excluding carboxylic acids is 1. The van der Waals surface area contributed by atoms with E-state index in [-0.39, 0.29) is 17.5 Å². The van der Waals surface area contributed by atoms with Gasteiger partial charge in [-0.1, -0.05) is 37.6 Å². The fourth-order valence-electron chi connectivity index (χ4n) is 4.76. The quantitative estimate of drug-likeness (QED) is 0.597. The van der Waals surface area contributed by atoms with Crippen LogP contribution in [0.3, 0.4) is 0 Å². The second-order valence-corrected chi connectivity index (χ2v) is 8.24. The van der Waals surface area contributed by atoms with Crippen molar-refractivity contribution in [1.29, 1.82) is 0 Å². The molecule has 0 saturated carbocycles. The molecule has 0 N–H and O–H groups in total. The summed E-state index contributed by atoms with van der Waals surface area (Å²) < 4.78 is 11.9. The van der Waals surface area contributed by atoms with Gasteiger partial charge in [0.25, 0.3) is 0 Å². The number of ether oxygens (including phenoxy) is 2. The van der Waals surface area contributed by atoms with Gasteiger partial charge in [0.15, 0.2) is 0 Å². The fourth-order valence-corrected chi connectivity index (χ4v) is 4.76. The van der Waals surface area contributed by atoms with Gasteiger partial charge in [-0.05, 0) is 36.5 Å². The number of benzene rings is 1. The van der Waals surface area contributed by atoms with Crippen LogP contribution in [0.25, 0.3) is 0 Å². The molecular weight excluding hydrogens is 326 g/mol. The zero-order chi connectivity index (χ0) is 19.1. The Bertz CT molecular complexity index is 694. The summed E-state index contributed by atoms with van der Waals surface area (Å²) in [5.74, 6) is 0.794. The van der Waals surface area contributed by atoms with Gasteiger partial charge in [0.1, 0.15) is 0 Å². The van der Waals surface area contributed by atoms with Gasteiger partial charge < -0.3 is 14.4 Å². The summed E-state index contributed by atoms with van der Waals surface area (Å²) in [6.07, 6.45) is 2.41. The third-order valence-electron chi connectivity index (χ3n) is 6.53. The van der Waals surface area contributed by atoms with E-state index < -0.39 is 0 Å². The molecule has 1 aromatic rings. The number of allylic oxidation sites excluding steroid dienone is 1. The van der Waals surface area contributed by atoms with Gasteiger partial charge in [-0.25, -0.2) is 0 Å². The van der Waals surface area contributed by atoms with Crippen LogP contribution in [0.2, 0.25) is 0 Å². The van der Waals surface area contributed by atoms with Gasteiger partial charge >= 0.3 is 5.97 Å². The molecule has 4 heteroatoms. The van der Waals surface area contributed by atoms with Crippen LogP contribution in [0.1, 0.15) is 39.4 Å². The first kappa shape index (κ1) is 19.0. The summed E-state index contributed by atoms with van der Waals surface area (Å²) in [6, 6.07) is 8.65. The molecule has 5 atom stereocenters. The van der Waals surface area contributed by atoms with E-state index >= 15 is 0 Å². The molecule has 0 unspecified atom stereocenters. The zero-order valence-corrected chi connectivity index (χ0v) is 16.8. The van der Waals surface area contributed by atoms with Crippen molar-refractivity contribution >= 4 is 11.7 Å². The van der Waals surface area contributed by atoms with E-state index in [4.69, 9.17) is 9.47 Å². The Labute approximate surface area is 157 Å². The van der Waals surface area contributed by atoms with Gasteiger partial charge in [-0.15, -0.1) is 0 Å². The lowest BCUT2D eigenvalue weighted by molar-refractivity contribution is -0.180. The number of hydrogen-bond donors (Lipinski definition) is 0. The van der Waals surface area contributed by atoms with Gasteiger partial charge in [0.2, 0.25) is 0 Å². The summed E-state index contributed by atoms with van der Waals surface area (Å²) in [6.45, 7) is 9.25. The predicted octanol–water partition coefficient (Wildman–Crippen LogP) is 4.22. The van der Waals surface area contributed by atoms with Crippen LogP contribution in [0.5, 0.6) is 0 Å². The Hall–Kier alpha value is -1.81. The third kappa shape index (κ3) is 3.16. The smallest absolute Gasteiger partial charge is 0.302 e. The maximum atomic E-state index is 11.4. The molecule has 142 valence electrons. The van der Waals surface area contributed by atoms with Crippen molar-refractivity contribution in [3.8, 4) is 0 Å². The van der Waals surface area contributed by atoms with Crippen molar-refractivity contribution in [2.75, 3.05) is 32.2 Å². The second-order valence-electron chi connectivity index (χ2n) is 8.24. The Balaban J connectivity index is 1.91. The van der Waals surface area contributed by atoms with E-state index in [1.54, 1.807) is 0 Å². The number of esters is 1. The minimum absolute atomic E-state index is 0.0513. The van der Waals surface area contributed by atoms with Crippen molar-refractivity contribution < 1.29 is 14.3 Å². The van der Waals surface area contributed by atoms with E-state index in [2.05, 4.69) is 56.0 Å². The SMILES string of the molecule is CC(=O)OC[C@@]12CO[C@@H](c3ccc(N(C)C)cc3)[C@@H](C(C)=C[C@H]1C)[C@H]2C. The summed E-state index contributed by atoms with van der Waals surface area (Å²) in [5.41, 5.74) is 3.64. The van der Waals surface area contributed by atoms with Crippen LogP contribution in [0.4, 0.5) is 5.69 Å². The highest BCUT2D eigenvalue weighted by Gasteiger charge is 2.54. The molecule has 3 rings (SSSR count). The van der Waals surface area contributed by atoms with Gasteiger partial charge in [0, 0.05) is 38.0 Å². The summed E-state index contributed by atoms with van der Waals surface area (Å²) in [7, 11) is 4.10. The van der Waals surface area contributed by atoms with E-state index in [9.17, 15) is 4.79 Å². The van der Waals surface area contributed by atoms with Crippen molar-refractivity contribution in [3.63, 3.8) is 0 Å². The second kappa shape index (κ2) is 7.07. The van der Waals surface area contributed by atoms with E-state index in [0.29, 0.717) is 31.0 Å². The molecule has 2 aliphatic rings. The van der Waals surface area contributed by atoms with Crippen LogP contribution in [-0.2, 0) is 14.3 Å². The molecule has 1 saturated heterocycles. The number of fused-ring (bicyclic) bond motifs is 2. The Morgan fingerprint density at radius 1 is 1.27 bits per heavy atom. The Morgan fingerprint density at radius 2 is 1.92 bits per heavy atom. The largest absolute Gasteiger partial charge is 0.465 e. The number of hydrogen-bond acceptors (Lipinski definition) is 4. The molecule has 1 aromatic carbocycles. The van der Waals surface area contributed by atoms with Crippen LogP contribution >= 0.6 is 0 Å². The lowest BCUT2D eigenvalue weighted by Gasteiger charge is -2.55. The van der Waals surface area contributed by atoms with Crippen molar-refractivity contribution in [1.82, 2.24) is 0 Å². The van der Waals surface area contributed by atoms with Gasteiger partial charge in [-0.3, -0.25) is 4.79 Å². The lowest BCUT2D eigenvalue weighted by Crippen LogP contribution is -2.54. The zero-order valence-electron chi connectivity index (χ0n) is 16.8. The normalized spacial score (nSPS) is 33.4. The molecule has 1 aliphatic heterocycles. The molecule has 0 amide bonds. The first-order chi connectivity index (χ1) is 12.3. The molecule has 4 nitrogen and oxygen atoms in total.